The normalized spacial score (nSPS) is 22.3. The Bertz CT molecular complexity index is 1550. The summed E-state index contributed by atoms with van der Waals surface area (Å²) in [5, 5.41) is 16.1. The van der Waals surface area contributed by atoms with Gasteiger partial charge in [-0.15, -0.1) is 0 Å². The topological polar surface area (TPSA) is 89.3 Å². The fourth-order valence-corrected chi connectivity index (χ4v) is 5.58. The average Bonchev–Trinajstić information content (AvgIpc) is 3.19. The zero-order valence-electron chi connectivity index (χ0n) is 19.0. The second-order valence-electron chi connectivity index (χ2n) is 9.65. The molecule has 0 bridgehead atoms. The molecule has 1 fully saturated rings. The van der Waals surface area contributed by atoms with Crippen molar-refractivity contribution < 1.29 is 5.11 Å². The molecule has 3 N–H and O–H groups in total. The van der Waals surface area contributed by atoms with Gasteiger partial charge in [0.25, 0.3) is 0 Å². The van der Waals surface area contributed by atoms with Crippen molar-refractivity contribution in [2.45, 2.75) is 37.8 Å². The molecule has 34 heavy (non-hydrogen) atoms. The number of halogens is 1. The number of aliphatic hydroxyl groups is 1. The van der Waals surface area contributed by atoms with Gasteiger partial charge in [-0.1, -0.05) is 66.2 Å². The Morgan fingerprint density at radius 3 is 2.41 bits per heavy atom. The first-order chi connectivity index (χ1) is 16.2. The van der Waals surface area contributed by atoms with Gasteiger partial charge >= 0.3 is 0 Å². The van der Waals surface area contributed by atoms with Crippen molar-refractivity contribution in [2.75, 3.05) is 0 Å². The van der Waals surface area contributed by atoms with Crippen molar-refractivity contribution in [1.82, 2.24) is 19.6 Å². The lowest BCUT2D eigenvalue weighted by molar-refractivity contribution is -0.0738. The van der Waals surface area contributed by atoms with Crippen LogP contribution in [-0.2, 0) is 5.54 Å². The van der Waals surface area contributed by atoms with Crippen molar-refractivity contribution >= 4 is 28.3 Å². The van der Waals surface area contributed by atoms with Crippen LogP contribution in [0.3, 0.4) is 0 Å². The van der Waals surface area contributed by atoms with Crippen LogP contribution in [0.4, 0.5) is 0 Å². The minimum Gasteiger partial charge on any atom is -0.390 e. The fourth-order valence-electron chi connectivity index (χ4n) is 5.25. The van der Waals surface area contributed by atoms with Crippen LogP contribution >= 0.6 is 11.6 Å². The summed E-state index contributed by atoms with van der Waals surface area (Å²) in [5.41, 5.74) is 12.1. The van der Waals surface area contributed by atoms with E-state index in [1.807, 2.05) is 74.5 Å². The van der Waals surface area contributed by atoms with Crippen LogP contribution < -0.4 is 5.73 Å². The number of aromatic nitrogens is 4. The van der Waals surface area contributed by atoms with Gasteiger partial charge in [-0.3, -0.25) is 0 Å². The first-order valence-electron chi connectivity index (χ1n) is 11.3. The maximum absolute atomic E-state index is 10.2. The predicted octanol–water partition coefficient (Wildman–Crippen LogP) is 5.27. The second kappa shape index (κ2) is 7.34. The number of rotatable bonds is 3. The van der Waals surface area contributed by atoms with Crippen LogP contribution in [0.15, 0.2) is 66.9 Å². The van der Waals surface area contributed by atoms with Crippen LogP contribution in [0, 0.1) is 6.92 Å². The summed E-state index contributed by atoms with van der Waals surface area (Å²) in [5.74, 6) is 0. The highest BCUT2D eigenvalue weighted by Gasteiger charge is 2.49. The highest BCUT2D eigenvalue weighted by molar-refractivity contribution is 6.38. The highest BCUT2D eigenvalue weighted by atomic mass is 35.5. The quantitative estimate of drug-likeness (QED) is 0.375. The van der Waals surface area contributed by atoms with E-state index < -0.39 is 11.1 Å². The Kier molecular flexibility index (Phi) is 4.58. The molecule has 0 spiro atoms. The third-order valence-corrected chi connectivity index (χ3v) is 7.07. The maximum atomic E-state index is 10.2. The summed E-state index contributed by atoms with van der Waals surface area (Å²) in [6.07, 6.45) is 2.84. The van der Waals surface area contributed by atoms with E-state index in [-0.39, 0.29) is 0 Å². The Labute approximate surface area is 202 Å². The zero-order chi connectivity index (χ0) is 23.7. The molecule has 1 aliphatic rings. The molecule has 0 atom stereocenters. The summed E-state index contributed by atoms with van der Waals surface area (Å²) in [6.45, 7) is 3.76. The number of nitrogens with zero attached hydrogens (tertiary/aromatic N) is 4. The van der Waals surface area contributed by atoms with E-state index >= 15 is 0 Å². The smallest absolute Gasteiger partial charge is 0.166 e. The van der Waals surface area contributed by atoms with Crippen molar-refractivity contribution in [1.29, 1.82) is 0 Å². The second-order valence-corrected chi connectivity index (χ2v) is 10.0. The molecule has 6 nitrogen and oxygen atoms in total. The van der Waals surface area contributed by atoms with E-state index in [0.29, 0.717) is 23.5 Å². The monoisotopic (exact) mass is 469 g/mol. The summed E-state index contributed by atoms with van der Waals surface area (Å²) >= 11 is 7.04. The lowest BCUT2D eigenvalue weighted by Gasteiger charge is -2.49. The summed E-state index contributed by atoms with van der Waals surface area (Å²) in [4.78, 5) is 9.61. The van der Waals surface area contributed by atoms with Gasteiger partial charge in [0.2, 0.25) is 0 Å². The molecule has 0 amide bonds. The van der Waals surface area contributed by atoms with Crippen molar-refractivity contribution in [2.24, 2.45) is 5.73 Å². The molecule has 2 aromatic carbocycles. The van der Waals surface area contributed by atoms with Crippen LogP contribution in [0.1, 0.15) is 31.0 Å². The van der Waals surface area contributed by atoms with Gasteiger partial charge in [-0.2, -0.15) is 9.61 Å². The van der Waals surface area contributed by atoms with E-state index in [1.54, 1.807) is 10.7 Å². The van der Waals surface area contributed by atoms with Gasteiger partial charge in [0, 0.05) is 28.9 Å². The number of nitrogens with two attached hydrogens (primary N) is 1. The van der Waals surface area contributed by atoms with Gasteiger partial charge in [0.15, 0.2) is 11.3 Å². The molecule has 3 heterocycles. The Hall–Kier alpha value is -3.32. The molecule has 6 rings (SSSR count). The number of hydrogen-bond donors (Lipinski definition) is 2. The molecule has 3 aromatic heterocycles. The van der Waals surface area contributed by atoms with Gasteiger partial charge < -0.3 is 10.8 Å². The Morgan fingerprint density at radius 2 is 1.74 bits per heavy atom. The van der Waals surface area contributed by atoms with E-state index in [0.717, 1.165) is 44.7 Å². The molecule has 7 heteroatoms. The number of hydrogen-bond acceptors (Lipinski definition) is 5. The first-order valence-corrected chi connectivity index (χ1v) is 11.6. The fraction of sp³-hybridized carbons (Fsp3) is 0.222. The Morgan fingerprint density at radius 1 is 1.03 bits per heavy atom. The van der Waals surface area contributed by atoms with Gasteiger partial charge in [0.1, 0.15) is 0 Å². The zero-order valence-corrected chi connectivity index (χ0v) is 19.7. The molecule has 170 valence electrons. The van der Waals surface area contributed by atoms with Crippen LogP contribution in [0.2, 0.25) is 5.02 Å². The minimum absolute atomic E-state index is 0.511. The molecule has 1 saturated carbocycles. The van der Waals surface area contributed by atoms with E-state index in [1.165, 1.54) is 0 Å². The molecular formula is C27H24ClN5O. The lowest BCUT2D eigenvalue weighted by Crippen LogP contribution is -2.58. The molecule has 0 unspecified atom stereocenters. The lowest BCUT2D eigenvalue weighted by atomic mass is 9.63. The number of aryl methyl sites for hydroxylation is 1. The SMILES string of the molecule is Cc1cc2ncc3c(Cl)c(-c4ccccc4)c(-c4ccc(C5(N)CC(C)(O)C5)cc4)nc3n2n1. The van der Waals surface area contributed by atoms with Gasteiger partial charge in [-0.05, 0) is 37.8 Å². The summed E-state index contributed by atoms with van der Waals surface area (Å²) < 4.78 is 1.74. The van der Waals surface area contributed by atoms with Crippen molar-refractivity contribution in [3.8, 4) is 22.4 Å². The molecule has 0 radical (unpaired) electrons. The third-order valence-electron chi connectivity index (χ3n) is 6.68. The third kappa shape index (κ3) is 3.29. The van der Waals surface area contributed by atoms with Gasteiger partial charge in [0.05, 0.1) is 27.4 Å². The van der Waals surface area contributed by atoms with Crippen molar-refractivity contribution in [3.05, 3.63) is 83.1 Å². The minimum atomic E-state index is -0.706. The average molecular weight is 470 g/mol. The van der Waals surface area contributed by atoms with Crippen LogP contribution in [0.25, 0.3) is 39.1 Å². The molecular weight excluding hydrogens is 446 g/mol. The largest absolute Gasteiger partial charge is 0.390 e. The van der Waals surface area contributed by atoms with E-state index in [9.17, 15) is 5.11 Å². The number of benzene rings is 2. The van der Waals surface area contributed by atoms with Crippen LogP contribution in [-0.4, -0.2) is 30.3 Å². The number of pyridine rings is 1. The first kappa shape index (κ1) is 21.2. The molecule has 0 saturated heterocycles. The standard InChI is InChI=1S/C27H24ClN5O/c1-16-12-21-30-13-20-23(28)22(17-6-4-3-5-7-17)24(31-25(20)33(21)32-16)18-8-10-19(11-9-18)27(29)14-26(2,34)15-27/h3-13,34H,14-15,29H2,1-2H3. The Balaban J connectivity index is 1.57. The van der Waals surface area contributed by atoms with Crippen molar-refractivity contribution in [3.63, 3.8) is 0 Å². The molecule has 1 aliphatic carbocycles. The maximum Gasteiger partial charge on any atom is 0.166 e. The number of fused-ring (bicyclic) bond motifs is 3. The van der Waals surface area contributed by atoms with E-state index in [4.69, 9.17) is 22.3 Å². The molecule has 5 aromatic rings. The predicted molar refractivity (Wildman–Crippen MR) is 135 cm³/mol. The molecule has 0 aliphatic heterocycles. The van der Waals surface area contributed by atoms with Crippen LogP contribution in [0.5, 0.6) is 0 Å². The van der Waals surface area contributed by atoms with E-state index in [2.05, 4.69) is 10.1 Å². The summed E-state index contributed by atoms with van der Waals surface area (Å²) in [7, 11) is 0. The van der Waals surface area contributed by atoms with Gasteiger partial charge in [-0.25, -0.2) is 9.97 Å². The highest BCUT2D eigenvalue weighted by Crippen LogP contribution is 2.47. The summed E-state index contributed by atoms with van der Waals surface area (Å²) in [6, 6.07) is 20.0.